The zero-order valence-electron chi connectivity index (χ0n) is 12.9. The standard InChI is InChI=1S/C13H23FO10/c1-21-12-10(19)8(17)6(14)5(24-12)3-22-13-11(20)9(18)7(16)4(2-15)23-13/h4-13,15-20H,2-3H2,1H3/t4-,5-,6+,7+,8+,9+,10-,11-,12-,13-/m1/s1. The highest BCUT2D eigenvalue weighted by Crippen LogP contribution is 2.26. The quantitative estimate of drug-likeness (QED) is 0.288. The molecule has 2 aliphatic rings. The van der Waals surface area contributed by atoms with E-state index in [4.69, 9.17) is 24.1 Å². The van der Waals surface area contributed by atoms with Crippen molar-refractivity contribution < 1.29 is 54.0 Å². The van der Waals surface area contributed by atoms with E-state index in [0.717, 1.165) is 0 Å². The molecular weight excluding hydrogens is 335 g/mol. The van der Waals surface area contributed by atoms with E-state index in [2.05, 4.69) is 0 Å². The van der Waals surface area contributed by atoms with Crippen LogP contribution in [-0.2, 0) is 18.9 Å². The molecule has 6 N–H and O–H groups in total. The summed E-state index contributed by atoms with van der Waals surface area (Å²) in [5.74, 6) is 0. The van der Waals surface area contributed by atoms with Gasteiger partial charge in [-0.05, 0) is 0 Å². The molecule has 142 valence electrons. The number of hydrogen-bond acceptors (Lipinski definition) is 10. The summed E-state index contributed by atoms with van der Waals surface area (Å²) in [6, 6.07) is 0. The summed E-state index contributed by atoms with van der Waals surface area (Å²) in [5.41, 5.74) is 0. The van der Waals surface area contributed by atoms with Gasteiger partial charge in [0.05, 0.1) is 13.2 Å². The molecule has 10 nitrogen and oxygen atoms in total. The zero-order chi connectivity index (χ0) is 18.0. The van der Waals surface area contributed by atoms with E-state index in [1.807, 2.05) is 0 Å². The number of halogens is 1. The Morgan fingerprint density at radius 3 is 2.00 bits per heavy atom. The smallest absolute Gasteiger partial charge is 0.186 e. The van der Waals surface area contributed by atoms with Gasteiger partial charge in [0.15, 0.2) is 18.8 Å². The van der Waals surface area contributed by atoms with E-state index in [0.29, 0.717) is 0 Å². The number of aliphatic hydroxyl groups excluding tert-OH is 6. The highest BCUT2D eigenvalue weighted by atomic mass is 19.1. The number of hydrogen-bond donors (Lipinski definition) is 6. The average Bonchev–Trinajstić information content (AvgIpc) is 2.58. The van der Waals surface area contributed by atoms with Crippen molar-refractivity contribution >= 4 is 0 Å². The van der Waals surface area contributed by atoms with Gasteiger partial charge in [0.1, 0.15) is 42.7 Å². The van der Waals surface area contributed by atoms with Gasteiger partial charge in [-0.15, -0.1) is 0 Å². The first kappa shape index (κ1) is 19.8. The van der Waals surface area contributed by atoms with Crippen molar-refractivity contribution in [2.75, 3.05) is 20.3 Å². The predicted molar refractivity (Wildman–Crippen MR) is 72.3 cm³/mol. The highest BCUT2D eigenvalue weighted by molar-refractivity contribution is 4.91. The molecule has 0 aromatic carbocycles. The number of aliphatic hydroxyl groups is 6. The fourth-order valence-corrected chi connectivity index (χ4v) is 2.62. The van der Waals surface area contributed by atoms with Gasteiger partial charge in [0, 0.05) is 7.11 Å². The minimum atomic E-state index is -1.99. The second-order valence-corrected chi connectivity index (χ2v) is 5.73. The molecule has 2 fully saturated rings. The molecule has 0 aromatic heterocycles. The number of ether oxygens (including phenoxy) is 4. The summed E-state index contributed by atoms with van der Waals surface area (Å²) in [5, 5.41) is 57.4. The van der Waals surface area contributed by atoms with Crippen LogP contribution in [-0.4, -0.2) is 112 Å². The third-order valence-electron chi connectivity index (χ3n) is 4.12. The highest BCUT2D eigenvalue weighted by Gasteiger charge is 2.47. The Balaban J connectivity index is 1.96. The molecule has 24 heavy (non-hydrogen) atoms. The lowest BCUT2D eigenvalue weighted by Gasteiger charge is -2.41. The van der Waals surface area contributed by atoms with Crippen LogP contribution in [0.25, 0.3) is 0 Å². The number of methoxy groups -OCH3 is 1. The number of rotatable bonds is 5. The maximum absolute atomic E-state index is 14.0. The molecule has 0 unspecified atom stereocenters. The van der Waals surface area contributed by atoms with Crippen molar-refractivity contribution in [3.8, 4) is 0 Å². The van der Waals surface area contributed by atoms with Crippen LogP contribution in [0.5, 0.6) is 0 Å². The van der Waals surface area contributed by atoms with E-state index in [1.165, 1.54) is 7.11 Å². The van der Waals surface area contributed by atoms with Gasteiger partial charge >= 0.3 is 0 Å². The van der Waals surface area contributed by atoms with Gasteiger partial charge in [-0.25, -0.2) is 4.39 Å². The van der Waals surface area contributed by atoms with Gasteiger partial charge in [-0.2, -0.15) is 0 Å². The lowest BCUT2D eigenvalue weighted by Crippen LogP contribution is -2.61. The van der Waals surface area contributed by atoms with Crippen LogP contribution in [0, 0.1) is 0 Å². The summed E-state index contributed by atoms with van der Waals surface area (Å²) >= 11 is 0. The molecule has 2 rings (SSSR count). The molecule has 0 bridgehead atoms. The molecular formula is C13H23FO10. The van der Waals surface area contributed by atoms with Gasteiger partial charge in [0.2, 0.25) is 0 Å². The van der Waals surface area contributed by atoms with Crippen molar-refractivity contribution in [2.45, 2.75) is 61.5 Å². The van der Waals surface area contributed by atoms with Gasteiger partial charge < -0.3 is 49.6 Å². The van der Waals surface area contributed by atoms with E-state index >= 15 is 0 Å². The molecule has 11 heteroatoms. The van der Waals surface area contributed by atoms with Crippen LogP contribution in [0.1, 0.15) is 0 Å². The Kier molecular flexibility index (Phi) is 6.84. The van der Waals surface area contributed by atoms with Crippen molar-refractivity contribution in [3.63, 3.8) is 0 Å². The normalized spacial score (nSPS) is 50.0. The van der Waals surface area contributed by atoms with Crippen LogP contribution in [0.15, 0.2) is 0 Å². The second-order valence-electron chi connectivity index (χ2n) is 5.73. The van der Waals surface area contributed by atoms with E-state index in [9.17, 15) is 29.9 Å². The molecule has 0 spiro atoms. The third-order valence-corrected chi connectivity index (χ3v) is 4.12. The Labute approximate surface area is 136 Å². The Hall–Kier alpha value is -0.470. The van der Waals surface area contributed by atoms with Crippen LogP contribution in [0.2, 0.25) is 0 Å². The molecule has 0 saturated carbocycles. The summed E-state index contributed by atoms with van der Waals surface area (Å²) < 4.78 is 34.2. The second kappa shape index (κ2) is 8.27. The topological polar surface area (TPSA) is 158 Å². The van der Waals surface area contributed by atoms with E-state index in [1.54, 1.807) is 0 Å². The maximum Gasteiger partial charge on any atom is 0.186 e. The Morgan fingerprint density at radius 2 is 1.42 bits per heavy atom. The zero-order valence-corrected chi connectivity index (χ0v) is 12.9. The molecule has 10 atom stereocenters. The Morgan fingerprint density at radius 1 is 0.833 bits per heavy atom. The number of alkyl halides is 1. The lowest BCUT2D eigenvalue weighted by molar-refractivity contribution is -0.324. The average molecular weight is 358 g/mol. The Bertz CT molecular complexity index is 361. The predicted octanol–water partition coefficient (Wildman–Crippen LogP) is -3.77. The third kappa shape index (κ3) is 3.85. The van der Waals surface area contributed by atoms with Crippen LogP contribution >= 0.6 is 0 Å². The molecule has 2 aliphatic heterocycles. The molecule has 0 aliphatic carbocycles. The fourth-order valence-electron chi connectivity index (χ4n) is 2.62. The first-order valence-electron chi connectivity index (χ1n) is 7.42. The van der Waals surface area contributed by atoms with Crippen molar-refractivity contribution in [1.29, 1.82) is 0 Å². The summed E-state index contributed by atoms with van der Waals surface area (Å²) in [4.78, 5) is 0. The van der Waals surface area contributed by atoms with Crippen molar-refractivity contribution in [2.24, 2.45) is 0 Å². The fraction of sp³-hybridized carbons (Fsp3) is 1.00. The first-order chi connectivity index (χ1) is 11.3. The van der Waals surface area contributed by atoms with Gasteiger partial charge in [-0.3, -0.25) is 0 Å². The lowest BCUT2D eigenvalue weighted by atomic mass is 9.99. The van der Waals surface area contributed by atoms with E-state index < -0.39 is 74.7 Å². The summed E-state index contributed by atoms with van der Waals surface area (Å²) in [7, 11) is 1.20. The first-order valence-corrected chi connectivity index (χ1v) is 7.42. The molecule has 0 amide bonds. The van der Waals surface area contributed by atoms with Gasteiger partial charge in [-0.1, -0.05) is 0 Å². The summed E-state index contributed by atoms with van der Waals surface area (Å²) in [6.07, 6.45) is -15.4. The molecule has 0 radical (unpaired) electrons. The van der Waals surface area contributed by atoms with Crippen molar-refractivity contribution in [1.82, 2.24) is 0 Å². The SMILES string of the molecule is CO[C@@H]1O[C@H](CO[C@@H]2O[C@H](CO)[C@H](O)[C@H](O)[C@H]2O)[C@H](F)[C@H](O)[C@H]1O. The minimum absolute atomic E-state index is 0.506. The van der Waals surface area contributed by atoms with Crippen LogP contribution in [0.4, 0.5) is 4.39 Å². The monoisotopic (exact) mass is 358 g/mol. The molecule has 0 aromatic rings. The molecule has 2 saturated heterocycles. The van der Waals surface area contributed by atoms with Crippen molar-refractivity contribution in [3.05, 3.63) is 0 Å². The maximum atomic E-state index is 14.0. The van der Waals surface area contributed by atoms with Gasteiger partial charge in [0.25, 0.3) is 0 Å². The van der Waals surface area contributed by atoms with Crippen LogP contribution < -0.4 is 0 Å². The largest absolute Gasteiger partial charge is 0.394 e. The minimum Gasteiger partial charge on any atom is -0.394 e. The van der Waals surface area contributed by atoms with E-state index in [-0.39, 0.29) is 0 Å². The van der Waals surface area contributed by atoms with Crippen LogP contribution in [0.3, 0.4) is 0 Å². The molecule has 2 heterocycles. The summed E-state index contributed by atoms with van der Waals surface area (Å²) in [6.45, 7) is -1.14.